The molecule has 116 valence electrons. The first-order valence-electron chi connectivity index (χ1n) is 6.45. The largest absolute Gasteiger partial charge is 0.497 e. The molecule has 7 heteroatoms. The van der Waals surface area contributed by atoms with E-state index in [1.807, 2.05) is 0 Å². The highest BCUT2D eigenvalue weighted by molar-refractivity contribution is 7.92. The fourth-order valence-electron chi connectivity index (χ4n) is 1.80. The van der Waals surface area contributed by atoms with Crippen LogP contribution in [0.3, 0.4) is 0 Å². The average molecular weight is 320 g/mol. The second-order valence-corrected chi connectivity index (χ2v) is 6.12. The summed E-state index contributed by atoms with van der Waals surface area (Å²) >= 11 is 0. The Morgan fingerprint density at radius 2 is 1.59 bits per heavy atom. The van der Waals surface area contributed by atoms with Crippen molar-refractivity contribution in [1.82, 2.24) is 5.32 Å². The smallest absolute Gasteiger partial charge is 0.261 e. The third-order valence-corrected chi connectivity index (χ3v) is 4.39. The molecule has 0 fully saturated rings. The summed E-state index contributed by atoms with van der Waals surface area (Å²) in [5.74, 6) is 0.366. The van der Waals surface area contributed by atoms with Crippen LogP contribution in [0.4, 0.5) is 5.69 Å². The first-order chi connectivity index (χ1) is 10.5. The number of hydrogen-bond acceptors (Lipinski definition) is 4. The monoisotopic (exact) mass is 320 g/mol. The standard InChI is InChI=1S/C15H16N2O4S/c1-16-15(18)11-3-9-14(10-4-11)22(19,20)17-12-5-7-13(21-2)8-6-12/h3-10,17H,1-2H3,(H,16,18). The van der Waals surface area contributed by atoms with Crippen molar-refractivity contribution in [3.63, 3.8) is 0 Å². The molecule has 0 heterocycles. The van der Waals surface area contributed by atoms with E-state index in [4.69, 9.17) is 4.74 Å². The number of carbonyl (C=O) groups is 1. The van der Waals surface area contributed by atoms with Crippen LogP contribution in [0.25, 0.3) is 0 Å². The lowest BCUT2D eigenvalue weighted by molar-refractivity contribution is 0.0963. The molecule has 0 aliphatic carbocycles. The zero-order valence-electron chi connectivity index (χ0n) is 12.2. The van der Waals surface area contributed by atoms with Gasteiger partial charge >= 0.3 is 0 Å². The third kappa shape index (κ3) is 3.56. The minimum Gasteiger partial charge on any atom is -0.497 e. The molecule has 0 aliphatic heterocycles. The summed E-state index contributed by atoms with van der Waals surface area (Å²) in [4.78, 5) is 11.5. The Morgan fingerprint density at radius 3 is 2.09 bits per heavy atom. The lowest BCUT2D eigenvalue weighted by atomic mass is 10.2. The summed E-state index contributed by atoms with van der Waals surface area (Å²) < 4.78 is 32.0. The fourth-order valence-corrected chi connectivity index (χ4v) is 2.86. The maximum Gasteiger partial charge on any atom is 0.261 e. The average Bonchev–Trinajstić information content (AvgIpc) is 2.54. The van der Waals surface area contributed by atoms with E-state index >= 15 is 0 Å². The summed E-state index contributed by atoms with van der Waals surface area (Å²) in [7, 11) is -0.658. The van der Waals surface area contributed by atoms with Gasteiger partial charge in [-0.2, -0.15) is 0 Å². The summed E-state index contributed by atoms with van der Waals surface area (Å²) in [5.41, 5.74) is 0.821. The molecule has 0 aliphatic rings. The minimum atomic E-state index is -3.70. The fraction of sp³-hybridized carbons (Fsp3) is 0.133. The first-order valence-corrected chi connectivity index (χ1v) is 7.93. The number of carbonyl (C=O) groups excluding carboxylic acids is 1. The van der Waals surface area contributed by atoms with Crippen LogP contribution in [0.15, 0.2) is 53.4 Å². The summed E-state index contributed by atoms with van der Waals surface area (Å²) in [6.07, 6.45) is 0. The number of hydrogen-bond donors (Lipinski definition) is 2. The van der Waals surface area contributed by atoms with Gasteiger partial charge in [0.25, 0.3) is 15.9 Å². The molecule has 2 aromatic carbocycles. The second-order valence-electron chi connectivity index (χ2n) is 4.44. The van der Waals surface area contributed by atoms with E-state index in [2.05, 4.69) is 10.0 Å². The zero-order valence-corrected chi connectivity index (χ0v) is 13.0. The van der Waals surface area contributed by atoms with Crippen LogP contribution in [0.2, 0.25) is 0 Å². The van der Waals surface area contributed by atoms with Crippen LogP contribution < -0.4 is 14.8 Å². The van der Waals surface area contributed by atoms with Gasteiger partial charge in [-0.1, -0.05) is 0 Å². The molecule has 0 atom stereocenters. The van der Waals surface area contributed by atoms with Crippen molar-refractivity contribution in [2.24, 2.45) is 0 Å². The number of sulfonamides is 1. The zero-order chi connectivity index (χ0) is 16.2. The second kappa shape index (κ2) is 6.48. The van der Waals surface area contributed by atoms with Gasteiger partial charge in [0, 0.05) is 18.3 Å². The molecule has 0 saturated heterocycles. The summed E-state index contributed by atoms with van der Waals surface area (Å²) in [6, 6.07) is 12.2. The van der Waals surface area contributed by atoms with Crippen molar-refractivity contribution in [2.75, 3.05) is 18.9 Å². The van der Waals surface area contributed by atoms with Gasteiger partial charge in [-0.25, -0.2) is 8.42 Å². The molecule has 2 N–H and O–H groups in total. The van der Waals surface area contributed by atoms with Crippen molar-refractivity contribution in [1.29, 1.82) is 0 Å². The minimum absolute atomic E-state index is 0.0796. The Kier molecular flexibility index (Phi) is 4.67. The highest BCUT2D eigenvalue weighted by atomic mass is 32.2. The van der Waals surface area contributed by atoms with Crippen LogP contribution in [0.1, 0.15) is 10.4 Å². The number of anilines is 1. The van der Waals surface area contributed by atoms with E-state index in [1.165, 1.54) is 38.4 Å². The molecule has 2 rings (SSSR count). The Labute approximate surface area is 129 Å². The Hall–Kier alpha value is -2.54. The third-order valence-electron chi connectivity index (χ3n) is 3.00. The van der Waals surface area contributed by atoms with Gasteiger partial charge in [0.05, 0.1) is 12.0 Å². The highest BCUT2D eigenvalue weighted by Crippen LogP contribution is 2.19. The van der Waals surface area contributed by atoms with Crippen molar-refractivity contribution in [2.45, 2.75) is 4.90 Å². The molecule has 0 bridgehead atoms. The van der Waals surface area contributed by atoms with Gasteiger partial charge in [0.15, 0.2) is 0 Å². The van der Waals surface area contributed by atoms with E-state index in [1.54, 1.807) is 24.3 Å². The lowest BCUT2D eigenvalue weighted by Gasteiger charge is -2.09. The van der Waals surface area contributed by atoms with Gasteiger partial charge < -0.3 is 10.1 Å². The SMILES string of the molecule is CNC(=O)c1ccc(S(=O)(=O)Nc2ccc(OC)cc2)cc1. The van der Waals surface area contributed by atoms with Crippen LogP contribution in [-0.2, 0) is 10.0 Å². The first kappa shape index (κ1) is 15.8. The van der Waals surface area contributed by atoms with Gasteiger partial charge in [-0.3, -0.25) is 9.52 Å². The highest BCUT2D eigenvalue weighted by Gasteiger charge is 2.15. The van der Waals surface area contributed by atoms with Crippen LogP contribution in [0, 0.1) is 0 Å². The summed E-state index contributed by atoms with van der Waals surface area (Å²) in [5, 5.41) is 2.47. The van der Waals surface area contributed by atoms with E-state index < -0.39 is 10.0 Å². The van der Waals surface area contributed by atoms with Crippen LogP contribution in [0.5, 0.6) is 5.75 Å². The topological polar surface area (TPSA) is 84.5 Å². The van der Waals surface area contributed by atoms with E-state index in [9.17, 15) is 13.2 Å². The van der Waals surface area contributed by atoms with Gasteiger partial charge in [0.2, 0.25) is 0 Å². The molecular weight excluding hydrogens is 304 g/mol. The molecule has 6 nitrogen and oxygen atoms in total. The quantitative estimate of drug-likeness (QED) is 0.880. The van der Waals surface area contributed by atoms with Crippen LogP contribution >= 0.6 is 0 Å². The Morgan fingerprint density at radius 1 is 1.00 bits per heavy atom. The van der Waals surface area contributed by atoms with E-state index in [-0.39, 0.29) is 10.8 Å². The number of benzene rings is 2. The van der Waals surface area contributed by atoms with Gasteiger partial charge in [0.1, 0.15) is 5.75 Å². The number of rotatable bonds is 5. The molecule has 0 unspecified atom stereocenters. The Balaban J connectivity index is 2.20. The molecular formula is C15H16N2O4S. The maximum absolute atomic E-state index is 12.3. The molecule has 0 saturated carbocycles. The number of ether oxygens (including phenoxy) is 1. The lowest BCUT2D eigenvalue weighted by Crippen LogP contribution is -2.18. The maximum atomic E-state index is 12.3. The summed E-state index contributed by atoms with van der Waals surface area (Å²) in [6.45, 7) is 0. The molecule has 0 radical (unpaired) electrons. The molecule has 0 aromatic heterocycles. The molecule has 22 heavy (non-hydrogen) atoms. The Bertz CT molecular complexity index is 753. The van der Waals surface area contributed by atoms with E-state index in [0.717, 1.165) is 0 Å². The van der Waals surface area contributed by atoms with Crippen molar-refractivity contribution in [3.05, 3.63) is 54.1 Å². The number of methoxy groups -OCH3 is 1. The number of amides is 1. The molecule has 1 amide bonds. The van der Waals surface area contributed by atoms with E-state index in [0.29, 0.717) is 17.0 Å². The van der Waals surface area contributed by atoms with Gasteiger partial charge in [-0.15, -0.1) is 0 Å². The van der Waals surface area contributed by atoms with Crippen molar-refractivity contribution < 1.29 is 17.9 Å². The van der Waals surface area contributed by atoms with Crippen molar-refractivity contribution >= 4 is 21.6 Å². The predicted octanol–water partition coefficient (Wildman–Crippen LogP) is 1.86. The predicted molar refractivity (Wildman–Crippen MR) is 83.6 cm³/mol. The van der Waals surface area contributed by atoms with Gasteiger partial charge in [-0.05, 0) is 48.5 Å². The number of nitrogens with one attached hydrogen (secondary N) is 2. The molecule has 2 aromatic rings. The van der Waals surface area contributed by atoms with Crippen LogP contribution in [-0.4, -0.2) is 28.5 Å². The van der Waals surface area contributed by atoms with Crippen molar-refractivity contribution in [3.8, 4) is 5.75 Å². The molecule has 0 spiro atoms. The normalized spacial score (nSPS) is 10.8.